The van der Waals surface area contributed by atoms with Crippen molar-refractivity contribution in [3.05, 3.63) is 35.6 Å². The normalized spacial score (nSPS) is 20.9. The molecule has 1 atom stereocenters. The van der Waals surface area contributed by atoms with Crippen molar-refractivity contribution in [1.82, 2.24) is 0 Å². The monoisotopic (exact) mass is 359 g/mol. The first kappa shape index (κ1) is 19.7. The summed E-state index contributed by atoms with van der Waals surface area (Å²) in [6.45, 7) is 5.48. The van der Waals surface area contributed by atoms with Crippen LogP contribution in [0.4, 0.5) is 5.69 Å². The van der Waals surface area contributed by atoms with Gasteiger partial charge >= 0.3 is 5.97 Å². The number of carbonyl (C=O) groups is 2. The minimum atomic E-state index is -0.938. The van der Waals surface area contributed by atoms with E-state index in [-0.39, 0.29) is 35.7 Å². The Bertz CT molecular complexity index is 776. The third kappa shape index (κ3) is 3.79. The summed E-state index contributed by atoms with van der Waals surface area (Å²) in [6.07, 6.45) is 1.12. The minimum Gasteiger partial charge on any atom is -0.511 e. The summed E-state index contributed by atoms with van der Waals surface area (Å²) in [7, 11) is 1.25. The van der Waals surface area contributed by atoms with Gasteiger partial charge in [0, 0.05) is 6.42 Å². The van der Waals surface area contributed by atoms with Gasteiger partial charge < -0.3 is 14.9 Å². The molecule has 0 aromatic heterocycles. The highest BCUT2D eigenvalue weighted by molar-refractivity contribution is 6.24. The molecule has 1 aliphatic carbocycles. The Labute approximate surface area is 153 Å². The van der Waals surface area contributed by atoms with Crippen molar-refractivity contribution in [1.29, 1.82) is 0 Å². The van der Waals surface area contributed by atoms with Gasteiger partial charge in [0.25, 0.3) is 0 Å². The standard InChI is InChI=1S/C20H25NO5/c1-5-8-15(23)16-13(21-12-9-6-7-10-14(12)22)11-20(2,3)17(18(16)24)19(25)26-4/h6-7,9-10,17,22,24H,5,8,11H2,1-4H3/t17-/m1/s1. The number of phenolic OH excluding ortho intramolecular Hbond substituents is 1. The maximum Gasteiger partial charge on any atom is 0.316 e. The van der Waals surface area contributed by atoms with Crippen LogP contribution in [-0.2, 0) is 14.3 Å². The van der Waals surface area contributed by atoms with Gasteiger partial charge in [-0.2, -0.15) is 0 Å². The van der Waals surface area contributed by atoms with E-state index in [1.807, 2.05) is 20.8 Å². The minimum absolute atomic E-state index is 0.0188. The summed E-state index contributed by atoms with van der Waals surface area (Å²) < 4.78 is 4.83. The summed E-state index contributed by atoms with van der Waals surface area (Å²) in [4.78, 5) is 29.3. The second-order valence-electron chi connectivity index (χ2n) is 7.10. The molecule has 140 valence electrons. The van der Waals surface area contributed by atoms with Crippen LogP contribution in [0, 0.1) is 11.3 Å². The molecule has 0 unspecified atom stereocenters. The molecule has 26 heavy (non-hydrogen) atoms. The highest BCUT2D eigenvalue weighted by Gasteiger charge is 2.47. The summed E-state index contributed by atoms with van der Waals surface area (Å²) in [5.74, 6) is -2.12. The number of aliphatic hydroxyl groups excluding tert-OH is 1. The van der Waals surface area contributed by atoms with Crippen LogP contribution in [0.25, 0.3) is 0 Å². The molecule has 0 radical (unpaired) electrons. The first-order chi connectivity index (χ1) is 12.2. The smallest absolute Gasteiger partial charge is 0.316 e. The number of aliphatic hydroxyl groups is 1. The molecule has 0 fully saturated rings. The van der Waals surface area contributed by atoms with Gasteiger partial charge in [0.1, 0.15) is 23.1 Å². The lowest BCUT2D eigenvalue weighted by Crippen LogP contribution is -2.41. The second-order valence-corrected chi connectivity index (χ2v) is 7.10. The largest absolute Gasteiger partial charge is 0.511 e. The van der Waals surface area contributed by atoms with Crippen LogP contribution in [0.5, 0.6) is 5.75 Å². The number of phenols is 1. The van der Waals surface area contributed by atoms with E-state index in [4.69, 9.17) is 4.74 Å². The molecule has 0 heterocycles. The van der Waals surface area contributed by atoms with E-state index < -0.39 is 17.3 Å². The molecular formula is C20H25NO5. The first-order valence-corrected chi connectivity index (χ1v) is 8.63. The second kappa shape index (κ2) is 7.72. The van der Waals surface area contributed by atoms with E-state index in [0.717, 1.165) is 0 Å². The van der Waals surface area contributed by atoms with Crippen molar-refractivity contribution in [2.75, 3.05) is 7.11 Å². The molecule has 6 nitrogen and oxygen atoms in total. The number of hydrogen-bond donors (Lipinski definition) is 2. The van der Waals surface area contributed by atoms with Crippen LogP contribution >= 0.6 is 0 Å². The molecule has 0 spiro atoms. The van der Waals surface area contributed by atoms with Gasteiger partial charge in [0.05, 0.1) is 18.4 Å². The van der Waals surface area contributed by atoms with Gasteiger partial charge in [-0.3, -0.25) is 9.59 Å². The fourth-order valence-electron chi connectivity index (χ4n) is 3.29. The van der Waals surface area contributed by atoms with E-state index in [1.165, 1.54) is 13.2 Å². The molecular weight excluding hydrogens is 334 g/mol. The van der Waals surface area contributed by atoms with Gasteiger partial charge in [-0.15, -0.1) is 0 Å². The Morgan fingerprint density at radius 2 is 1.92 bits per heavy atom. The van der Waals surface area contributed by atoms with Crippen molar-refractivity contribution in [2.45, 2.75) is 40.0 Å². The third-order valence-electron chi connectivity index (χ3n) is 4.55. The predicted octanol–water partition coefficient (Wildman–Crippen LogP) is 3.87. The molecule has 0 saturated carbocycles. The lowest BCUT2D eigenvalue weighted by Gasteiger charge is -2.37. The van der Waals surface area contributed by atoms with Crippen molar-refractivity contribution in [3.8, 4) is 5.75 Å². The zero-order chi connectivity index (χ0) is 19.5. The lowest BCUT2D eigenvalue weighted by molar-refractivity contribution is -0.149. The molecule has 2 N–H and O–H groups in total. The van der Waals surface area contributed by atoms with Crippen LogP contribution < -0.4 is 0 Å². The predicted molar refractivity (Wildman–Crippen MR) is 98.7 cm³/mol. The van der Waals surface area contributed by atoms with Gasteiger partial charge in [0.15, 0.2) is 5.78 Å². The number of aromatic hydroxyl groups is 1. The average molecular weight is 359 g/mol. The van der Waals surface area contributed by atoms with Crippen LogP contribution in [0.1, 0.15) is 40.0 Å². The van der Waals surface area contributed by atoms with Gasteiger partial charge in [-0.05, 0) is 30.4 Å². The van der Waals surface area contributed by atoms with Crippen molar-refractivity contribution in [3.63, 3.8) is 0 Å². The van der Waals surface area contributed by atoms with E-state index in [1.54, 1.807) is 18.2 Å². The molecule has 0 saturated heterocycles. The van der Waals surface area contributed by atoms with E-state index in [9.17, 15) is 19.8 Å². The Kier molecular flexibility index (Phi) is 5.85. The van der Waals surface area contributed by atoms with Gasteiger partial charge in [-0.25, -0.2) is 4.99 Å². The zero-order valence-electron chi connectivity index (χ0n) is 15.6. The molecule has 2 rings (SSSR count). The Hall–Kier alpha value is -2.63. The van der Waals surface area contributed by atoms with Crippen molar-refractivity contribution >= 4 is 23.2 Å². The SMILES string of the molecule is CCCC(=O)C1=C(O)[C@H](C(=O)OC)C(C)(C)CC1=Nc1ccccc1O. The topological polar surface area (TPSA) is 96.2 Å². The van der Waals surface area contributed by atoms with Crippen LogP contribution in [0.2, 0.25) is 0 Å². The molecule has 0 aliphatic heterocycles. The lowest BCUT2D eigenvalue weighted by atomic mass is 9.67. The number of para-hydroxylation sites is 2. The number of benzene rings is 1. The van der Waals surface area contributed by atoms with E-state index >= 15 is 0 Å². The summed E-state index contributed by atoms with van der Waals surface area (Å²) in [5.41, 5.74) is 0.0398. The summed E-state index contributed by atoms with van der Waals surface area (Å²) in [6, 6.07) is 6.53. The Morgan fingerprint density at radius 1 is 1.27 bits per heavy atom. The van der Waals surface area contributed by atoms with Gasteiger partial charge in [-0.1, -0.05) is 32.9 Å². The number of esters is 1. The molecule has 1 aromatic rings. The number of nitrogens with zero attached hydrogens (tertiary/aromatic N) is 1. The maximum atomic E-state index is 12.6. The van der Waals surface area contributed by atoms with Crippen LogP contribution in [0.15, 0.2) is 40.6 Å². The number of aliphatic imine (C=N–C) groups is 1. The molecule has 1 aromatic carbocycles. The number of rotatable bonds is 5. The van der Waals surface area contributed by atoms with Crippen LogP contribution in [-0.4, -0.2) is 34.8 Å². The van der Waals surface area contributed by atoms with Crippen molar-refractivity contribution < 1.29 is 24.5 Å². The summed E-state index contributed by atoms with van der Waals surface area (Å²) in [5, 5.41) is 20.8. The highest BCUT2D eigenvalue weighted by atomic mass is 16.5. The molecule has 1 aliphatic rings. The third-order valence-corrected chi connectivity index (χ3v) is 4.55. The number of carbonyl (C=O) groups excluding carboxylic acids is 2. The highest BCUT2D eigenvalue weighted by Crippen LogP contribution is 2.44. The number of ether oxygens (including phenoxy) is 1. The fourth-order valence-corrected chi connectivity index (χ4v) is 3.29. The van der Waals surface area contributed by atoms with Crippen molar-refractivity contribution in [2.24, 2.45) is 16.3 Å². The zero-order valence-corrected chi connectivity index (χ0v) is 15.6. The van der Waals surface area contributed by atoms with Gasteiger partial charge in [0.2, 0.25) is 0 Å². The number of hydrogen-bond acceptors (Lipinski definition) is 6. The quantitative estimate of drug-likeness (QED) is 0.778. The molecule has 6 heteroatoms. The number of ketones is 1. The Morgan fingerprint density at radius 3 is 2.50 bits per heavy atom. The first-order valence-electron chi connectivity index (χ1n) is 8.63. The number of Topliss-reactive ketones (excluding diaryl/α,β-unsaturated/α-hetero) is 1. The summed E-state index contributed by atoms with van der Waals surface area (Å²) >= 11 is 0. The van der Waals surface area contributed by atoms with E-state index in [0.29, 0.717) is 17.8 Å². The fraction of sp³-hybridized carbons (Fsp3) is 0.450. The molecule has 0 bridgehead atoms. The maximum absolute atomic E-state index is 12.6. The number of allylic oxidation sites excluding steroid dienone is 1. The Balaban J connectivity index is 2.67. The van der Waals surface area contributed by atoms with E-state index in [2.05, 4.69) is 4.99 Å². The van der Waals surface area contributed by atoms with Crippen LogP contribution in [0.3, 0.4) is 0 Å². The molecule has 0 amide bonds. The number of methoxy groups -OCH3 is 1. The average Bonchev–Trinajstić information content (AvgIpc) is 2.55.